The SMILES string of the molecule is CCCCCCCCCCCCCCCCCCCCCCCCC(=O)OC(COCCC(C(=O)O)[N+](C)(C)C)COC(=O)CCCCCCCCCCCCCCCCCCCCCC. The predicted octanol–water partition coefficient (Wildman–Crippen LogP) is 17.2. The highest BCUT2D eigenvalue weighted by Crippen LogP contribution is 2.18. The number of carbonyl (C=O) groups is 3. The molecule has 0 aliphatic carbocycles. The minimum Gasteiger partial charge on any atom is -0.477 e. The van der Waals surface area contributed by atoms with Gasteiger partial charge < -0.3 is 23.8 Å². The van der Waals surface area contributed by atoms with Gasteiger partial charge in [-0.2, -0.15) is 0 Å². The molecule has 66 heavy (non-hydrogen) atoms. The van der Waals surface area contributed by atoms with Crippen LogP contribution in [0.3, 0.4) is 0 Å². The summed E-state index contributed by atoms with van der Waals surface area (Å²) in [6, 6.07) is -0.609. The monoisotopic (exact) mass is 937 g/mol. The van der Waals surface area contributed by atoms with Crippen molar-refractivity contribution in [3.05, 3.63) is 0 Å². The first-order valence-corrected chi connectivity index (χ1v) is 29.1. The zero-order chi connectivity index (χ0) is 48.4. The molecule has 0 aliphatic rings. The van der Waals surface area contributed by atoms with Crippen LogP contribution < -0.4 is 0 Å². The Labute approximate surface area is 410 Å². The van der Waals surface area contributed by atoms with E-state index in [1.807, 2.05) is 21.1 Å². The Bertz CT molecular complexity index is 1050. The van der Waals surface area contributed by atoms with Gasteiger partial charge in [-0.25, -0.2) is 4.79 Å². The lowest BCUT2D eigenvalue weighted by atomic mass is 10.0. The maximum atomic E-state index is 12.8. The van der Waals surface area contributed by atoms with Crippen LogP contribution in [0, 0.1) is 0 Å². The van der Waals surface area contributed by atoms with Crippen molar-refractivity contribution in [3.8, 4) is 0 Å². The van der Waals surface area contributed by atoms with E-state index < -0.39 is 18.1 Å². The quantitative estimate of drug-likeness (QED) is 0.0368. The fourth-order valence-corrected chi connectivity index (χ4v) is 9.27. The van der Waals surface area contributed by atoms with Crippen LogP contribution in [0.1, 0.15) is 303 Å². The third-order valence-electron chi connectivity index (χ3n) is 13.8. The first kappa shape index (κ1) is 64.3. The Morgan fingerprint density at radius 1 is 0.394 bits per heavy atom. The second kappa shape index (κ2) is 49.7. The first-order valence-electron chi connectivity index (χ1n) is 29.1. The van der Waals surface area contributed by atoms with Gasteiger partial charge in [0.15, 0.2) is 12.1 Å². The summed E-state index contributed by atoms with van der Waals surface area (Å²) in [5.74, 6) is -1.43. The number of esters is 2. The molecule has 0 radical (unpaired) electrons. The van der Waals surface area contributed by atoms with E-state index in [2.05, 4.69) is 13.8 Å². The Morgan fingerprint density at radius 2 is 0.667 bits per heavy atom. The molecule has 0 aromatic heterocycles. The van der Waals surface area contributed by atoms with Gasteiger partial charge in [0.2, 0.25) is 0 Å². The van der Waals surface area contributed by atoms with Crippen molar-refractivity contribution in [3.63, 3.8) is 0 Å². The highest BCUT2D eigenvalue weighted by molar-refractivity contribution is 5.72. The lowest BCUT2D eigenvalue weighted by Crippen LogP contribution is -2.50. The number of hydrogen-bond donors (Lipinski definition) is 1. The smallest absolute Gasteiger partial charge is 0.362 e. The second-order valence-corrected chi connectivity index (χ2v) is 21.3. The molecule has 0 aromatic rings. The van der Waals surface area contributed by atoms with Crippen LogP contribution in [0.4, 0.5) is 0 Å². The number of unbranched alkanes of at least 4 members (excludes halogenated alkanes) is 40. The molecule has 8 heteroatoms. The van der Waals surface area contributed by atoms with Crippen LogP contribution in [-0.4, -0.2) is 80.6 Å². The number of nitrogens with zero attached hydrogens (tertiary/aromatic N) is 1. The van der Waals surface area contributed by atoms with Gasteiger partial charge in [0.25, 0.3) is 0 Å². The average molecular weight is 938 g/mol. The molecule has 2 atom stereocenters. The molecule has 392 valence electrons. The number of carboxylic acid groups (broad SMARTS) is 1. The molecular formula is C58H114NO7+. The summed E-state index contributed by atoms with van der Waals surface area (Å²) >= 11 is 0. The fraction of sp³-hybridized carbons (Fsp3) is 0.948. The van der Waals surface area contributed by atoms with Crippen molar-refractivity contribution in [2.75, 3.05) is 41.0 Å². The standard InChI is InChI=1S/C58H113NO7/c1-6-8-10-12-14-16-18-20-22-24-26-28-29-31-33-35-37-39-41-43-45-47-49-57(61)66-54(52-64-51-50-55(58(62)63)59(3,4)5)53-65-56(60)48-46-44-42-40-38-36-34-32-30-27-25-23-21-19-17-15-13-11-9-7-2/h54-55H,6-53H2,1-5H3/p+1. The summed E-state index contributed by atoms with van der Waals surface area (Å²) in [5.41, 5.74) is 0. The van der Waals surface area contributed by atoms with E-state index >= 15 is 0 Å². The molecule has 0 saturated heterocycles. The first-order chi connectivity index (χ1) is 32.1. The van der Waals surface area contributed by atoms with E-state index in [9.17, 15) is 19.5 Å². The second-order valence-electron chi connectivity index (χ2n) is 21.3. The molecule has 0 aromatic carbocycles. The Morgan fingerprint density at radius 3 is 0.939 bits per heavy atom. The highest BCUT2D eigenvalue weighted by Gasteiger charge is 2.31. The third kappa shape index (κ3) is 47.4. The lowest BCUT2D eigenvalue weighted by Gasteiger charge is -2.31. The van der Waals surface area contributed by atoms with Crippen LogP contribution in [0.2, 0.25) is 0 Å². The van der Waals surface area contributed by atoms with Gasteiger partial charge in [0.1, 0.15) is 6.61 Å². The summed E-state index contributed by atoms with van der Waals surface area (Å²) < 4.78 is 17.4. The van der Waals surface area contributed by atoms with Gasteiger partial charge in [0, 0.05) is 19.3 Å². The molecule has 0 aliphatic heterocycles. The normalized spacial score (nSPS) is 12.7. The molecule has 2 unspecified atom stereocenters. The lowest BCUT2D eigenvalue weighted by molar-refractivity contribution is -0.887. The summed E-state index contributed by atoms with van der Waals surface area (Å²) in [5, 5.41) is 9.68. The number of rotatable bonds is 54. The van der Waals surface area contributed by atoms with Gasteiger partial charge in [-0.3, -0.25) is 9.59 Å². The summed E-state index contributed by atoms with van der Waals surface area (Å²) in [6.07, 6.45) is 55.9. The molecule has 0 rings (SSSR count). The van der Waals surface area contributed by atoms with E-state index in [-0.39, 0.29) is 36.2 Å². The predicted molar refractivity (Wildman–Crippen MR) is 280 cm³/mol. The third-order valence-corrected chi connectivity index (χ3v) is 13.8. The molecule has 0 bridgehead atoms. The molecule has 0 spiro atoms. The van der Waals surface area contributed by atoms with Crippen LogP contribution >= 0.6 is 0 Å². The number of aliphatic carboxylic acids is 1. The minimum atomic E-state index is -0.867. The van der Waals surface area contributed by atoms with Crippen LogP contribution in [0.25, 0.3) is 0 Å². The minimum absolute atomic E-state index is 0.0409. The number of ether oxygens (including phenoxy) is 3. The number of carboxylic acids is 1. The van der Waals surface area contributed by atoms with Gasteiger partial charge in [-0.05, 0) is 12.8 Å². The van der Waals surface area contributed by atoms with Crippen molar-refractivity contribution in [2.45, 2.75) is 315 Å². The van der Waals surface area contributed by atoms with Crippen molar-refractivity contribution in [1.82, 2.24) is 0 Å². The molecule has 0 saturated carbocycles. The Hall–Kier alpha value is -1.67. The van der Waals surface area contributed by atoms with Crippen molar-refractivity contribution in [1.29, 1.82) is 0 Å². The Balaban J connectivity index is 4.10. The number of likely N-dealkylation sites (N-methyl/N-ethyl adjacent to an activating group) is 1. The molecule has 0 amide bonds. The number of hydrogen-bond acceptors (Lipinski definition) is 6. The molecule has 0 fully saturated rings. The number of carbonyl (C=O) groups excluding carboxylic acids is 2. The van der Waals surface area contributed by atoms with Crippen LogP contribution in [0.5, 0.6) is 0 Å². The largest absolute Gasteiger partial charge is 0.477 e. The topological polar surface area (TPSA) is 99.1 Å². The maximum absolute atomic E-state index is 12.8. The van der Waals surface area contributed by atoms with E-state index in [0.29, 0.717) is 19.3 Å². The van der Waals surface area contributed by atoms with E-state index in [1.54, 1.807) is 0 Å². The van der Waals surface area contributed by atoms with E-state index in [4.69, 9.17) is 14.2 Å². The molecule has 8 nitrogen and oxygen atoms in total. The zero-order valence-electron chi connectivity index (χ0n) is 44.9. The van der Waals surface area contributed by atoms with Gasteiger partial charge in [-0.1, -0.05) is 271 Å². The molecular weight excluding hydrogens is 823 g/mol. The molecule has 1 N–H and O–H groups in total. The fourth-order valence-electron chi connectivity index (χ4n) is 9.27. The zero-order valence-corrected chi connectivity index (χ0v) is 44.9. The highest BCUT2D eigenvalue weighted by atomic mass is 16.6. The van der Waals surface area contributed by atoms with Crippen molar-refractivity contribution >= 4 is 17.9 Å². The van der Waals surface area contributed by atoms with Crippen molar-refractivity contribution < 1.29 is 38.2 Å². The van der Waals surface area contributed by atoms with Gasteiger partial charge in [-0.15, -0.1) is 0 Å². The summed E-state index contributed by atoms with van der Waals surface area (Å²) in [4.78, 5) is 37.3. The van der Waals surface area contributed by atoms with E-state index in [0.717, 1.165) is 38.5 Å². The summed E-state index contributed by atoms with van der Waals surface area (Å²) in [7, 11) is 5.56. The van der Waals surface area contributed by atoms with Crippen LogP contribution in [0.15, 0.2) is 0 Å². The van der Waals surface area contributed by atoms with Gasteiger partial charge >= 0.3 is 17.9 Å². The summed E-state index contributed by atoms with van der Waals surface area (Å²) in [6.45, 7) is 4.82. The molecule has 0 heterocycles. The maximum Gasteiger partial charge on any atom is 0.362 e. The van der Waals surface area contributed by atoms with Crippen molar-refractivity contribution in [2.24, 2.45) is 0 Å². The van der Waals surface area contributed by atoms with E-state index in [1.165, 1.54) is 231 Å². The Kier molecular flexibility index (Phi) is 48.5. The average Bonchev–Trinajstić information content (AvgIpc) is 3.28. The van der Waals surface area contributed by atoms with Crippen LogP contribution in [-0.2, 0) is 28.6 Å². The van der Waals surface area contributed by atoms with Gasteiger partial charge in [0.05, 0.1) is 34.4 Å². The number of quaternary nitrogens is 1.